The molecule has 0 amide bonds. The van der Waals surface area contributed by atoms with Crippen LogP contribution in [0, 0.1) is 0 Å². The van der Waals surface area contributed by atoms with Gasteiger partial charge in [0, 0.05) is 11.3 Å². The van der Waals surface area contributed by atoms with Crippen molar-refractivity contribution >= 4 is 28.6 Å². The Balaban J connectivity index is 2.57. The highest BCUT2D eigenvalue weighted by Gasteiger charge is 2.12. The maximum Gasteiger partial charge on any atom is 0.401 e. The number of hydrogen-bond acceptors (Lipinski definition) is 3. The first-order valence-electron chi connectivity index (χ1n) is 3.89. The van der Waals surface area contributed by atoms with Crippen molar-refractivity contribution in [2.45, 2.75) is 4.34 Å². The molecule has 0 N–H and O–H groups in total. The molecule has 0 fully saturated rings. The smallest absolute Gasteiger partial charge is 0.254 e. The Bertz CT molecular complexity index is 501. The van der Waals surface area contributed by atoms with Gasteiger partial charge in [0.1, 0.15) is 0 Å². The summed E-state index contributed by atoms with van der Waals surface area (Å²) in [6.45, 7) is 0. The number of rotatable bonds is 2. The zero-order valence-electron chi connectivity index (χ0n) is 7.21. The van der Waals surface area contributed by atoms with Crippen LogP contribution >= 0.6 is 11.3 Å². The van der Waals surface area contributed by atoms with Crippen LogP contribution < -0.4 is 4.87 Å². The largest absolute Gasteiger partial charge is 0.401 e. The van der Waals surface area contributed by atoms with Crippen molar-refractivity contribution in [2.24, 2.45) is 0 Å². The molecule has 2 rings (SSSR count). The fourth-order valence-corrected chi connectivity index (χ4v) is 2.14. The third-order valence-corrected chi connectivity index (χ3v) is 3.19. The highest BCUT2D eigenvalue weighted by Crippen LogP contribution is 2.05. The molecule has 0 aliphatic heterocycles. The summed E-state index contributed by atoms with van der Waals surface area (Å²) >= 11 is 2.34. The minimum absolute atomic E-state index is 0.0812. The van der Waals surface area contributed by atoms with Crippen LogP contribution in [0.3, 0.4) is 0 Å². The summed E-state index contributed by atoms with van der Waals surface area (Å²) in [6.07, 6.45) is 0. The Morgan fingerprint density at radius 1 is 1.36 bits per heavy atom. The second kappa shape index (κ2) is 3.81. The van der Waals surface area contributed by atoms with E-state index in [1.54, 1.807) is 0 Å². The van der Waals surface area contributed by atoms with Gasteiger partial charge in [-0.15, -0.1) is 0 Å². The molecular formula is C9H7N2OS2+. The number of para-hydroxylation sites is 1. The third kappa shape index (κ3) is 1.64. The lowest BCUT2D eigenvalue weighted by Crippen LogP contribution is -2.11. The van der Waals surface area contributed by atoms with Gasteiger partial charge in [-0.3, -0.25) is 4.79 Å². The third-order valence-electron chi connectivity index (χ3n) is 1.65. The van der Waals surface area contributed by atoms with Crippen LogP contribution in [-0.4, -0.2) is 15.7 Å². The summed E-state index contributed by atoms with van der Waals surface area (Å²) in [5.74, 6) is 3.62. The average Bonchev–Trinajstić information content (AvgIpc) is 2.61. The van der Waals surface area contributed by atoms with Crippen LogP contribution in [-0.2, 0) is 11.4 Å². The zero-order valence-corrected chi connectivity index (χ0v) is 8.85. The first-order chi connectivity index (χ1) is 6.81. The molecule has 1 aromatic carbocycles. The number of aromatic nitrogens is 2. The van der Waals surface area contributed by atoms with E-state index in [0.29, 0.717) is 4.34 Å². The Labute approximate surface area is 88.6 Å². The maximum atomic E-state index is 11.5. The van der Waals surface area contributed by atoms with Crippen molar-refractivity contribution in [2.75, 3.05) is 0 Å². The van der Waals surface area contributed by atoms with E-state index in [2.05, 4.69) is 11.0 Å². The molecule has 0 saturated carbocycles. The molecule has 0 saturated heterocycles. The van der Waals surface area contributed by atoms with Gasteiger partial charge in [-0.1, -0.05) is 23.3 Å². The average molecular weight is 223 g/mol. The molecule has 0 bridgehead atoms. The molecule has 1 aromatic heterocycles. The minimum atomic E-state index is -0.0812. The SMILES string of the molecule is C=[S+]c1nn(-c2ccccc2)c(=O)s1. The first-order valence-corrected chi connectivity index (χ1v) is 5.69. The van der Waals surface area contributed by atoms with E-state index in [1.165, 1.54) is 16.0 Å². The number of nitrogens with zero attached hydrogens (tertiary/aromatic N) is 2. The van der Waals surface area contributed by atoms with Crippen molar-refractivity contribution in [3.63, 3.8) is 0 Å². The highest BCUT2D eigenvalue weighted by atomic mass is 32.2. The standard InChI is InChI=1S/C9H7N2OS2/c1-13-8-10-11(9(12)14-8)7-5-3-2-4-6-7/h2-6H,1H2/q+1. The van der Waals surface area contributed by atoms with Crippen molar-refractivity contribution in [1.29, 1.82) is 0 Å². The van der Waals surface area contributed by atoms with Crippen molar-refractivity contribution in [3.8, 4) is 5.69 Å². The molecule has 0 radical (unpaired) electrons. The molecule has 0 atom stereocenters. The van der Waals surface area contributed by atoms with Gasteiger partial charge in [-0.05, 0) is 12.1 Å². The second-order valence-corrected chi connectivity index (χ2v) is 4.40. The van der Waals surface area contributed by atoms with Gasteiger partial charge in [0.15, 0.2) is 5.87 Å². The predicted octanol–water partition coefficient (Wildman–Crippen LogP) is 1.17. The van der Waals surface area contributed by atoms with Crippen LogP contribution in [0.15, 0.2) is 39.5 Å². The van der Waals surface area contributed by atoms with Gasteiger partial charge in [-0.2, -0.15) is 4.68 Å². The van der Waals surface area contributed by atoms with Crippen LogP contribution in [0.5, 0.6) is 0 Å². The molecular weight excluding hydrogens is 216 g/mol. The molecule has 1 heterocycles. The fraction of sp³-hybridized carbons (Fsp3) is 0. The quantitative estimate of drug-likeness (QED) is 0.566. The minimum Gasteiger partial charge on any atom is -0.254 e. The summed E-state index contributed by atoms with van der Waals surface area (Å²) in [7, 11) is 0. The lowest BCUT2D eigenvalue weighted by molar-refractivity contribution is 0.815. The van der Waals surface area contributed by atoms with Gasteiger partial charge < -0.3 is 0 Å². The van der Waals surface area contributed by atoms with E-state index in [-0.39, 0.29) is 4.87 Å². The van der Waals surface area contributed by atoms with Gasteiger partial charge in [0.05, 0.1) is 5.69 Å². The van der Waals surface area contributed by atoms with Gasteiger partial charge in [-0.25, -0.2) is 0 Å². The Kier molecular flexibility index (Phi) is 2.51. The van der Waals surface area contributed by atoms with E-state index in [4.69, 9.17) is 0 Å². The predicted molar refractivity (Wildman–Crippen MR) is 60.5 cm³/mol. The fourth-order valence-electron chi connectivity index (χ4n) is 1.05. The van der Waals surface area contributed by atoms with E-state index in [0.717, 1.165) is 17.0 Å². The Morgan fingerprint density at radius 2 is 2.07 bits per heavy atom. The summed E-state index contributed by atoms with van der Waals surface area (Å²) < 4.78 is 2.07. The Morgan fingerprint density at radius 3 is 2.64 bits per heavy atom. The summed E-state index contributed by atoms with van der Waals surface area (Å²) in [5.41, 5.74) is 0.786. The van der Waals surface area contributed by atoms with E-state index in [1.807, 2.05) is 30.3 Å². The molecule has 70 valence electrons. The molecule has 3 nitrogen and oxygen atoms in total. The number of benzene rings is 1. The lowest BCUT2D eigenvalue weighted by Gasteiger charge is -1.95. The van der Waals surface area contributed by atoms with Gasteiger partial charge in [0.2, 0.25) is 11.4 Å². The number of hydrogen-bond donors (Lipinski definition) is 0. The van der Waals surface area contributed by atoms with Crippen LogP contribution in [0.2, 0.25) is 0 Å². The van der Waals surface area contributed by atoms with E-state index >= 15 is 0 Å². The van der Waals surface area contributed by atoms with E-state index in [9.17, 15) is 4.79 Å². The summed E-state index contributed by atoms with van der Waals surface area (Å²) in [4.78, 5) is 11.4. The van der Waals surface area contributed by atoms with E-state index < -0.39 is 0 Å². The van der Waals surface area contributed by atoms with Crippen molar-refractivity contribution in [1.82, 2.24) is 9.78 Å². The molecule has 0 unspecified atom stereocenters. The van der Waals surface area contributed by atoms with Crippen LogP contribution in [0.1, 0.15) is 0 Å². The molecule has 2 aromatic rings. The maximum absolute atomic E-state index is 11.5. The molecule has 5 heteroatoms. The molecule has 14 heavy (non-hydrogen) atoms. The zero-order chi connectivity index (χ0) is 9.97. The normalized spacial score (nSPS) is 10.0. The van der Waals surface area contributed by atoms with Crippen molar-refractivity contribution in [3.05, 3.63) is 40.0 Å². The summed E-state index contributed by atoms with van der Waals surface area (Å²) in [6, 6.07) is 9.34. The van der Waals surface area contributed by atoms with Gasteiger partial charge in [0.25, 0.3) is 0 Å². The topological polar surface area (TPSA) is 34.9 Å². The molecule has 0 spiro atoms. The van der Waals surface area contributed by atoms with Crippen LogP contribution in [0.4, 0.5) is 0 Å². The van der Waals surface area contributed by atoms with Crippen molar-refractivity contribution < 1.29 is 0 Å². The first kappa shape index (κ1) is 9.23. The monoisotopic (exact) mass is 223 g/mol. The highest BCUT2D eigenvalue weighted by molar-refractivity contribution is 7.78. The van der Waals surface area contributed by atoms with Crippen LogP contribution in [0.25, 0.3) is 5.69 Å². The second-order valence-electron chi connectivity index (χ2n) is 2.53. The lowest BCUT2D eigenvalue weighted by atomic mass is 10.3. The summed E-state index contributed by atoms with van der Waals surface area (Å²) in [5, 5.41) is 4.12. The molecule has 0 aliphatic carbocycles. The van der Waals surface area contributed by atoms with Gasteiger partial charge >= 0.3 is 9.21 Å². The molecule has 0 aliphatic rings. The Hall–Kier alpha value is -1.33.